The van der Waals surface area contributed by atoms with Crippen molar-refractivity contribution in [1.29, 1.82) is 0 Å². The first-order chi connectivity index (χ1) is 12.2. The largest absolute Gasteiger partial charge is 0.495 e. The summed E-state index contributed by atoms with van der Waals surface area (Å²) in [4.78, 5) is 25.1. The van der Waals surface area contributed by atoms with Crippen LogP contribution in [0.3, 0.4) is 0 Å². The molecule has 0 radical (unpaired) electrons. The van der Waals surface area contributed by atoms with Gasteiger partial charge in [-0.1, -0.05) is 11.6 Å². The van der Waals surface area contributed by atoms with Crippen LogP contribution in [0.15, 0.2) is 23.1 Å². The smallest absolute Gasteiger partial charge is 0.245 e. The highest BCUT2D eigenvalue weighted by atomic mass is 35.5. The Morgan fingerprint density at radius 1 is 1.35 bits per heavy atom. The third kappa shape index (κ3) is 4.66. The molecule has 1 atom stereocenters. The predicted molar refractivity (Wildman–Crippen MR) is 96.3 cm³/mol. The first-order valence-corrected chi connectivity index (χ1v) is 9.95. The summed E-state index contributed by atoms with van der Waals surface area (Å²) < 4.78 is 32.7. The molecule has 10 heteroatoms. The van der Waals surface area contributed by atoms with Crippen LogP contribution in [-0.4, -0.2) is 51.4 Å². The Labute approximate surface area is 157 Å². The highest BCUT2D eigenvalue weighted by Gasteiger charge is 2.31. The van der Waals surface area contributed by atoms with Crippen LogP contribution < -0.4 is 15.2 Å². The molecule has 0 aromatic heterocycles. The molecule has 0 saturated carbocycles. The standard InChI is InChI=1S/C16H22ClN3O5S/c1-10(16(22)20-7-5-11(6-8-20)15(18)21)19-26(23,24)14-9-12(17)3-4-13(14)25-2/h3-4,9-11,19H,5-8H2,1-2H3,(H2,18,21)/t10-/m0/s1. The third-order valence-electron chi connectivity index (χ3n) is 4.33. The number of amides is 2. The number of ether oxygens (including phenoxy) is 1. The Morgan fingerprint density at radius 2 is 1.96 bits per heavy atom. The summed E-state index contributed by atoms with van der Waals surface area (Å²) in [7, 11) is -2.67. The summed E-state index contributed by atoms with van der Waals surface area (Å²) in [6.07, 6.45) is 0.950. The van der Waals surface area contributed by atoms with Gasteiger partial charge in [0.15, 0.2) is 0 Å². The molecule has 1 fully saturated rings. The van der Waals surface area contributed by atoms with E-state index < -0.39 is 16.1 Å². The van der Waals surface area contributed by atoms with Gasteiger partial charge >= 0.3 is 0 Å². The van der Waals surface area contributed by atoms with Crippen molar-refractivity contribution >= 4 is 33.4 Å². The number of nitrogens with one attached hydrogen (secondary N) is 1. The summed E-state index contributed by atoms with van der Waals surface area (Å²) >= 11 is 5.88. The summed E-state index contributed by atoms with van der Waals surface area (Å²) in [6, 6.07) is 3.24. The van der Waals surface area contributed by atoms with Crippen LogP contribution in [0, 0.1) is 5.92 Å². The fraction of sp³-hybridized carbons (Fsp3) is 0.500. The zero-order valence-electron chi connectivity index (χ0n) is 14.6. The summed E-state index contributed by atoms with van der Waals surface area (Å²) in [5.41, 5.74) is 5.28. The molecule has 144 valence electrons. The van der Waals surface area contributed by atoms with Gasteiger partial charge < -0.3 is 15.4 Å². The zero-order valence-corrected chi connectivity index (χ0v) is 16.1. The van der Waals surface area contributed by atoms with E-state index in [1.807, 2.05) is 0 Å². The average Bonchev–Trinajstić information content (AvgIpc) is 2.60. The van der Waals surface area contributed by atoms with Crippen molar-refractivity contribution in [3.63, 3.8) is 0 Å². The number of benzene rings is 1. The Morgan fingerprint density at radius 3 is 2.50 bits per heavy atom. The van der Waals surface area contributed by atoms with E-state index in [9.17, 15) is 18.0 Å². The molecule has 1 aliphatic heterocycles. The molecule has 1 aromatic carbocycles. The molecule has 8 nitrogen and oxygen atoms in total. The Balaban J connectivity index is 2.09. The number of carbonyl (C=O) groups excluding carboxylic acids is 2. The molecule has 2 rings (SSSR count). The highest BCUT2D eigenvalue weighted by molar-refractivity contribution is 7.89. The van der Waals surface area contributed by atoms with Crippen LogP contribution in [0.5, 0.6) is 5.75 Å². The van der Waals surface area contributed by atoms with Gasteiger partial charge in [-0.2, -0.15) is 4.72 Å². The van der Waals surface area contributed by atoms with Crippen LogP contribution in [0.4, 0.5) is 0 Å². The first-order valence-electron chi connectivity index (χ1n) is 8.09. The zero-order chi connectivity index (χ0) is 19.5. The molecular weight excluding hydrogens is 382 g/mol. The number of primary amides is 1. The minimum atomic E-state index is -4.01. The number of carbonyl (C=O) groups is 2. The van der Waals surface area contributed by atoms with Gasteiger partial charge in [0.1, 0.15) is 10.6 Å². The van der Waals surface area contributed by atoms with E-state index in [0.29, 0.717) is 25.9 Å². The van der Waals surface area contributed by atoms with Gasteiger partial charge in [0, 0.05) is 24.0 Å². The molecule has 1 aliphatic rings. The van der Waals surface area contributed by atoms with Crippen molar-refractivity contribution in [1.82, 2.24) is 9.62 Å². The minimum absolute atomic E-state index is 0.129. The number of hydrogen-bond acceptors (Lipinski definition) is 5. The number of piperidine rings is 1. The molecule has 0 aliphatic carbocycles. The number of likely N-dealkylation sites (tertiary alicyclic amines) is 1. The lowest BCUT2D eigenvalue weighted by Crippen LogP contribution is -2.50. The summed E-state index contributed by atoms with van der Waals surface area (Å²) in [5.74, 6) is -0.859. The molecule has 1 saturated heterocycles. The van der Waals surface area contributed by atoms with E-state index in [1.54, 1.807) is 0 Å². The fourth-order valence-electron chi connectivity index (χ4n) is 2.87. The van der Waals surface area contributed by atoms with Gasteiger partial charge in [-0.3, -0.25) is 9.59 Å². The quantitative estimate of drug-likeness (QED) is 0.726. The van der Waals surface area contributed by atoms with Gasteiger partial charge in [0.25, 0.3) is 0 Å². The van der Waals surface area contributed by atoms with Gasteiger partial charge in [-0.25, -0.2) is 8.42 Å². The van der Waals surface area contributed by atoms with Gasteiger partial charge in [-0.05, 0) is 38.0 Å². The Hall–Kier alpha value is -1.84. The Kier molecular flexibility index (Phi) is 6.48. The van der Waals surface area contributed by atoms with Gasteiger partial charge in [0.2, 0.25) is 21.8 Å². The maximum absolute atomic E-state index is 12.6. The SMILES string of the molecule is COc1ccc(Cl)cc1S(=O)(=O)N[C@@H](C)C(=O)N1CCC(C(N)=O)CC1. The number of sulfonamides is 1. The second-order valence-corrected chi connectivity index (χ2v) is 8.26. The number of methoxy groups -OCH3 is 1. The van der Waals surface area contributed by atoms with E-state index in [-0.39, 0.29) is 33.4 Å². The number of hydrogen-bond donors (Lipinski definition) is 2. The van der Waals surface area contributed by atoms with E-state index in [4.69, 9.17) is 22.1 Å². The molecule has 0 unspecified atom stereocenters. The monoisotopic (exact) mass is 403 g/mol. The van der Waals surface area contributed by atoms with Crippen LogP contribution >= 0.6 is 11.6 Å². The van der Waals surface area contributed by atoms with E-state index in [1.165, 1.54) is 37.1 Å². The molecule has 1 heterocycles. The van der Waals surface area contributed by atoms with Crippen LogP contribution in [0.1, 0.15) is 19.8 Å². The van der Waals surface area contributed by atoms with Crippen LogP contribution in [-0.2, 0) is 19.6 Å². The number of halogens is 1. The van der Waals surface area contributed by atoms with Gasteiger partial charge in [-0.15, -0.1) is 0 Å². The number of nitrogens with zero attached hydrogens (tertiary/aromatic N) is 1. The molecule has 1 aromatic rings. The van der Waals surface area contributed by atoms with Crippen molar-refractivity contribution in [2.24, 2.45) is 11.7 Å². The topological polar surface area (TPSA) is 119 Å². The first kappa shape index (κ1) is 20.5. The van der Waals surface area contributed by atoms with E-state index in [2.05, 4.69) is 4.72 Å². The minimum Gasteiger partial charge on any atom is -0.495 e. The fourth-order valence-corrected chi connectivity index (χ4v) is 4.49. The van der Waals surface area contributed by atoms with Crippen LogP contribution in [0.25, 0.3) is 0 Å². The lowest BCUT2D eigenvalue weighted by molar-refractivity contribution is -0.136. The van der Waals surface area contributed by atoms with Crippen molar-refractivity contribution < 1.29 is 22.7 Å². The lowest BCUT2D eigenvalue weighted by atomic mass is 9.96. The number of nitrogens with two attached hydrogens (primary N) is 1. The second kappa shape index (κ2) is 8.24. The second-order valence-electron chi connectivity index (χ2n) is 6.14. The highest BCUT2D eigenvalue weighted by Crippen LogP contribution is 2.27. The number of rotatable bonds is 6. The molecule has 2 amide bonds. The average molecular weight is 404 g/mol. The molecule has 3 N–H and O–H groups in total. The van der Waals surface area contributed by atoms with Crippen molar-refractivity contribution in [2.75, 3.05) is 20.2 Å². The van der Waals surface area contributed by atoms with Crippen molar-refractivity contribution in [2.45, 2.75) is 30.7 Å². The predicted octanol–water partition coefficient (Wildman–Crippen LogP) is 0.739. The van der Waals surface area contributed by atoms with E-state index >= 15 is 0 Å². The Bertz CT molecular complexity index is 791. The van der Waals surface area contributed by atoms with Crippen molar-refractivity contribution in [3.8, 4) is 5.75 Å². The summed E-state index contributed by atoms with van der Waals surface area (Å²) in [6.45, 7) is 2.19. The van der Waals surface area contributed by atoms with E-state index in [0.717, 1.165) is 0 Å². The molecule has 0 bridgehead atoms. The van der Waals surface area contributed by atoms with Gasteiger partial charge in [0.05, 0.1) is 13.2 Å². The third-order valence-corrected chi connectivity index (χ3v) is 6.12. The van der Waals surface area contributed by atoms with Crippen LogP contribution in [0.2, 0.25) is 5.02 Å². The maximum atomic E-state index is 12.6. The lowest BCUT2D eigenvalue weighted by Gasteiger charge is -2.32. The molecular formula is C16H22ClN3O5S. The maximum Gasteiger partial charge on any atom is 0.245 e. The normalized spacial score (nSPS) is 17.0. The molecule has 0 spiro atoms. The van der Waals surface area contributed by atoms with Crippen molar-refractivity contribution in [3.05, 3.63) is 23.2 Å². The molecule has 26 heavy (non-hydrogen) atoms. The summed E-state index contributed by atoms with van der Waals surface area (Å²) in [5, 5.41) is 0.235.